The summed E-state index contributed by atoms with van der Waals surface area (Å²) in [5.74, 6) is 0.896. The van der Waals surface area contributed by atoms with Gasteiger partial charge in [0.2, 0.25) is 0 Å². The van der Waals surface area contributed by atoms with E-state index in [1.54, 1.807) is 42.5 Å². The molecule has 2 heterocycles. The number of hydrogen-bond donors (Lipinski definition) is 0. The SMILES string of the molecule is CC(=O)C1[C@H]2CN(C(=O)c3ccc(Cl)c(Cc4nc5c(C)cc(C(F)(F)F)cc5n4C)c3Cl)C[C@@H]12. The lowest BCUT2D eigenvalue weighted by molar-refractivity contribution is -0.137. The first-order valence-electron chi connectivity index (χ1n) is 11.2. The van der Waals surface area contributed by atoms with Crippen LogP contribution in [-0.4, -0.2) is 39.2 Å². The molecule has 1 aliphatic heterocycles. The second-order valence-corrected chi connectivity index (χ2v) is 10.3. The van der Waals surface area contributed by atoms with Gasteiger partial charge in [-0.2, -0.15) is 13.2 Å². The lowest BCUT2D eigenvalue weighted by Gasteiger charge is -2.21. The van der Waals surface area contributed by atoms with Gasteiger partial charge in [0.05, 0.1) is 27.2 Å². The van der Waals surface area contributed by atoms with Gasteiger partial charge in [0.15, 0.2) is 0 Å². The molecule has 3 aromatic rings. The highest BCUT2D eigenvalue weighted by atomic mass is 35.5. The number of ketones is 1. The molecule has 0 N–H and O–H groups in total. The number of halogens is 5. The van der Waals surface area contributed by atoms with E-state index < -0.39 is 11.7 Å². The van der Waals surface area contributed by atoms with Crippen LogP contribution in [0.15, 0.2) is 24.3 Å². The maximum absolute atomic E-state index is 13.3. The first-order chi connectivity index (χ1) is 16.4. The van der Waals surface area contributed by atoms with Gasteiger partial charge in [-0.3, -0.25) is 9.59 Å². The summed E-state index contributed by atoms with van der Waals surface area (Å²) < 4.78 is 41.5. The quantitative estimate of drug-likeness (QED) is 0.440. The molecule has 1 saturated carbocycles. The number of aromatic nitrogens is 2. The predicted molar refractivity (Wildman–Crippen MR) is 127 cm³/mol. The second kappa shape index (κ2) is 8.23. The van der Waals surface area contributed by atoms with Gasteiger partial charge in [-0.15, -0.1) is 0 Å². The van der Waals surface area contributed by atoms with Crippen molar-refractivity contribution >= 4 is 45.9 Å². The monoisotopic (exact) mass is 523 g/mol. The molecular weight excluding hydrogens is 502 g/mol. The minimum Gasteiger partial charge on any atom is -0.338 e. The Hall–Kier alpha value is -2.58. The van der Waals surface area contributed by atoms with Crippen LogP contribution in [-0.2, 0) is 24.4 Å². The Balaban J connectivity index is 1.45. The third kappa shape index (κ3) is 4.00. The van der Waals surface area contributed by atoms with Crippen molar-refractivity contribution in [3.63, 3.8) is 0 Å². The largest absolute Gasteiger partial charge is 0.416 e. The smallest absolute Gasteiger partial charge is 0.338 e. The molecule has 1 amide bonds. The van der Waals surface area contributed by atoms with Crippen LogP contribution >= 0.6 is 23.2 Å². The summed E-state index contributed by atoms with van der Waals surface area (Å²) in [5.41, 5.74) is 1.28. The number of imidazole rings is 1. The number of amides is 1. The number of carbonyl (C=O) groups excluding carboxylic acids is 2. The molecule has 5 nitrogen and oxygen atoms in total. The van der Waals surface area contributed by atoms with Crippen LogP contribution in [0.5, 0.6) is 0 Å². The van der Waals surface area contributed by atoms with E-state index >= 15 is 0 Å². The molecule has 0 spiro atoms. The summed E-state index contributed by atoms with van der Waals surface area (Å²) >= 11 is 13.1. The Bertz CT molecular complexity index is 1390. The predicted octanol–water partition coefficient (Wildman–Crippen LogP) is 5.71. The number of alkyl halides is 3. The first-order valence-corrected chi connectivity index (χ1v) is 11.9. The minimum absolute atomic E-state index is 0.0502. The molecule has 5 rings (SSSR count). The van der Waals surface area contributed by atoms with E-state index in [-0.39, 0.29) is 40.9 Å². The van der Waals surface area contributed by atoms with Crippen LogP contribution in [0.1, 0.15) is 39.8 Å². The van der Waals surface area contributed by atoms with Crippen LogP contribution in [0.4, 0.5) is 13.2 Å². The van der Waals surface area contributed by atoms with Gasteiger partial charge >= 0.3 is 6.18 Å². The van der Waals surface area contributed by atoms with E-state index in [4.69, 9.17) is 23.2 Å². The van der Waals surface area contributed by atoms with Gasteiger partial charge in [-0.25, -0.2) is 4.98 Å². The Morgan fingerprint density at radius 3 is 2.40 bits per heavy atom. The van der Waals surface area contributed by atoms with Gasteiger partial charge in [-0.1, -0.05) is 23.2 Å². The topological polar surface area (TPSA) is 55.2 Å². The summed E-state index contributed by atoms with van der Waals surface area (Å²) in [6.45, 7) is 4.22. The van der Waals surface area contributed by atoms with Crippen molar-refractivity contribution in [1.29, 1.82) is 0 Å². The average molecular weight is 524 g/mol. The maximum atomic E-state index is 13.3. The molecule has 1 aromatic heterocycles. The first kappa shape index (κ1) is 24.1. The van der Waals surface area contributed by atoms with Crippen molar-refractivity contribution in [3.8, 4) is 0 Å². The number of fused-ring (bicyclic) bond motifs is 2. The molecule has 1 saturated heterocycles. The number of nitrogens with zero attached hydrogens (tertiary/aromatic N) is 3. The van der Waals surface area contributed by atoms with Gasteiger partial charge in [0, 0.05) is 37.5 Å². The van der Waals surface area contributed by atoms with E-state index in [0.717, 1.165) is 12.1 Å². The van der Waals surface area contributed by atoms with E-state index in [9.17, 15) is 22.8 Å². The number of Topliss-reactive ketones (excluding diaryl/α,β-unsaturated/α-hetero) is 1. The molecule has 2 fully saturated rings. The third-order valence-corrected chi connectivity index (χ3v) is 8.08. The Morgan fingerprint density at radius 1 is 1.14 bits per heavy atom. The molecule has 1 aliphatic carbocycles. The van der Waals surface area contributed by atoms with Crippen molar-refractivity contribution in [3.05, 3.63) is 62.4 Å². The minimum atomic E-state index is -4.47. The van der Waals surface area contributed by atoms with Crippen molar-refractivity contribution in [1.82, 2.24) is 14.5 Å². The number of carbonyl (C=O) groups is 2. The molecule has 10 heteroatoms. The number of benzene rings is 2. The fourth-order valence-corrected chi connectivity index (χ4v) is 5.96. The molecule has 184 valence electrons. The number of aryl methyl sites for hydroxylation is 2. The van der Waals surface area contributed by atoms with Crippen LogP contribution in [0.3, 0.4) is 0 Å². The zero-order chi connectivity index (χ0) is 25.4. The second-order valence-electron chi connectivity index (χ2n) is 9.48. The van der Waals surface area contributed by atoms with Crippen molar-refractivity contribution < 1.29 is 22.8 Å². The van der Waals surface area contributed by atoms with E-state index in [0.29, 0.717) is 51.7 Å². The van der Waals surface area contributed by atoms with E-state index in [2.05, 4.69) is 4.98 Å². The summed E-state index contributed by atoms with van der Waals surface area (Å²) in [6, 6.07) is 5.34. The van der Waals surface area contributed by atoms with Crippen molar-refractivity contribution in [2.24, 2.45) is 24.8 Å². The molecular formula is C25H22Cl2F3N3O2. The fraction of sp³-hybridized carbons (Fsp3) is 0.400. The van der Waals surface area contributed by atoms with Gasteiger partial charge in [0.25, 0.3) is 5.91 Å². The average Bonchev–Trinajstić information content (AvgIpc) is 3.11. The third-order valence-electron chi connectivity index (χ3n) is 7.30. The Labute approximate surface area is 209 Å². The zero-order valence-electron chi connectivity index (χ0n) is 19.2. The molecule has 3 atom stereocenters. The molecule has 0 radical (unpaired) electrons. The lowest BCUT2D eigenvalue weighted by Crippen LogP contribution is -2.32. The fourth-order valence-electron chi connectivity index (χ4n) is 5.38. The standard InChI is InChI=1S/C25H22Cl2F3N3O2/c1-11-6-13(25(28,29)30)7-19-23(11)31-20(32(19)3)8-15-18(26)5-4-14(22(15)27)24(35)33-9-16-17(10-33)21(16)12(2)34/h4-7,16-17,21H,8-10H2,1-3H3/t16-,17+,21?. The van der Waals surface area contributed by atoms with Crippen LogP contribution in [0, 0.1) is 24.7 Å². The summed E-state index contributed by atoms with van der Waals surface area (Å²) in [5, 5.41) is 0.540. The molecule has 2 aromatic carbocycles. The van der Waals surface area contributed by atoms with Gasteiger partial charge < -0.3 is 9.47 Å². The summed E-state index contributed by atoms with van der Waals surface area (Å²) in [6.07, 6.45) is -4.33. The molecule has 1 unspecified atom stereocenters. The zero-order valence-corrected chi connectivity index (χ0v) is 20.7. The summed E-state index contributed by atoms with van der Waals surface area (Å²) in [7, 11) is 1.64. The normalized spacial score (nSPS) is 21.5. The van der Waals surface area contributed by atoms with E-state index in [1.807, 2.05) is 0 Å². The highest BCUT2D eigenvalue weighted by Crippen LogP contribution is 2.52. The lowest BCUT2D eigenvalue weighted by atomic mass is 10.1. The Kier molecular flexibility index (Phi) is 5.68. The number of piperidine rings is 1. The highest BCUT2D eigenvalue weighted by molar-refractivity contribution is 6.38. The highest BCUT2D eigenvalue weighted by Gasteiger charge is 2.58. The number of likely N-dealkylation sites (tertiary alicyclic amines) is 1. The maximum Gasteiger partial charge on any atom is 0.416 e. The van der Waals surface area contributed by atoms with Gasteiger partial charge in [0.1, 0.15) is 11.6 Å². The van der Waals surface area contributed by atoms with Crippen molar-refractivity contribution in [2.45, 2.75) is 26.4 Å². The molecule has 0 bridgehead atoms. The number of rotatable bonds is 4. The van der Waals surface area contributed by atoms with Crippen LogP contribution in [0.25, 0.3) is 11.0 Å². The van der Waals surface area contributed by atoms with Crippen molar-refractivity contribution in [2.75, 3.05) is 13.1 Å². The molecule has 2 aliphatic rings. The van der Waals surface area contributed by atoms with Crippen LogP contribution < -0.4 is 0 Å². The number of hydrogen-bond acceptors (Lipinski definition) is 3. The Morgan fingerprint density at radius 2 is 1.80 bits per heavy atom. The van der Waals surface area contributed by atoms with E-state index in [1.165, 1.54) is 0 Å². The van der Waals surface area contributed by atoms with Gasteiger partial charge in [-0.05, 0) is 61.1 Å². The van der Waals surface area contributed by atoms with Crippen LogP contribution in [0.2, 0.25) is 10.0 Å². The molecule has 35 heavy (non-hydrogen) atoms. The summed E-state index contributed by atoms with van der Waals surface area (Å²) in [4.78, 5) is 31.1.